The van der Waals surface area contributed by atoms with Crippen LogP contribution in [0.4, 0.5) is 0 Å². The van der Waals surface area contributed by atoms with Crippen molar-refractivity contribution >= 4 is 5.91 Å². The van der Waals surface area contributed by atoms with Crippen LogP contribution in [0.1, 0.15) is 41.3 Å². The Morgan fingerprint density at radius 3 is 2.57 bits per heavy atom. The molecular weight excluding hydrogens is 348 g/mol. The highest BCUT2D eigenvalue weighted by atomic mass is 16.2. The van der Waals surface area contributed by atoms with E-state index in [0.29, 0.717) is 12.3 Å². The quantitative estimate of drug-likeness (QED) is 0.686. The Balaban J connectivity index is 1.35. The number of piperidine rings is 1. The molecule has 0 N–H and O–H groups in total. The molecule has 0 unspecified atom stereocenters. The number of carbonyl (C=O) groups excluding carboxylic acids is 1. The van der Waals surface area contributed by atoms with E-state index in [-0.39, 0.29) is 5.91 Å². The average molecular weight is 374 g/mol. The zero-order valence-electron chi connectivity index (χ0n) is 16.3. The number of carbonyl (C=O) groups is 1. The summed E-state index contributed by atoms with van der Waals surface area (Å²) in [6, 6.07) is 12.3. The lowest BCUT2D eigenvalue weighted by molar-refractivity contribution is -0.131. The fraction of sp³-hybridized carbons (Fsp3) is 0.348. The van der Waals surface area contributed by atoms with Gasteiger partial charge in [-0.25, -0.2) is 4.98 Å². The van der Waals surface area contributed by atoms with Crippen molar-refractivity contribution in [3.8, 4) is 0 Å². The van der Waals surface area contributed by atoms with Crippen molar-refractivity contribution < 1.29 is 4.79 Å². The summed E-state index contributed by atoms with van der Waals surface area (Å²) in [5.41, 5.74) is 3.48. The van der Waals surface area contributed by atoms with Gasteiger partial charge < -0.3 is 9.47 Å². The lowest BCUT2D eigenvalue weighted by atomic mass is 9.95. The molecule has 0 radical (unpaired) electrons. The Labute approximate surface area is 166 Å². The summed E-state index contributed by atoms with van der Waals surface area (Å²) in [4.78, 5) is 23.5. The summed E-state index contributed by atoms with van der Waals surface area (Å²) in [5, 5.41) is 0. The number of likely N-dealkylation sites (tertiary alicyclic amines) is 1. The van der Waals surface area contributed by atoms with E-state index in [1.165, 1.54) is 11.1 Å². The van der Waals surface area contributed by atoms with Crippen LogP contribution >= 0.6 is 0 Å². The van der Waals surface area contributed by atoms with Crippen molar-refractivity contribution in [3.05, 3.63) is 83.7 Å². The molecule has 0 atom stereocenters. The number of aryl methyl sites for hydroxylation is 1. The van der Waals surface area contributed by atoms with Gasteiger partial charge in [-0.15, -0.1) is 0 Å². The van der Waals surface area contributed by atoms with E-state index in [4.69, 9.17) is 0 Å². The van der Waals surface area contributed by atoms with E-state index in [9.17, 15) is 4.79 Å². The van der Waals surface area contributed by atoms with Crippen LogP contribution in [0.5, 0.6) is 0 Å². The molecule has 1 aromatic carbocycles. The van der Waals surface area contributed by atoms with Gasteiger partial charge in [0.05, 0.1) is 13.0 Å². The van der Waals surface area contributed by atoms with Gasteiger partial charge in [-0.3, -0.25) is 9.78 Å². The van der Waals surface area contributed by atoms with E-state index in [0.717, 1.165) is 43.9 Å². The van der Waals surface area contributed by atoms with E-state index in [1.54, 1.807) is 6.20 Å². The molecule has 5 nitrogen and oxygen atoms in total. The normalized spacial score (nSPS) is 15.0. The minimum absolute atomic E-state index is 0.223. The molecule has 1 amide bonds. The number of rotatable bonds is 5. The summed E-state index contributed by atoms with van der Waals surface area (Å²) in [6.45, 7) is 4.45. The molecule has 0 aliphatic carbocycles. The van der Waals surface area contributed by atoms with Gasteiger partial charge in [-0.2, -0.15) is 0 Å². The van der Waals surface area contributed by atoms with Crippen LogP contribution in [-0.2, 0) is 17.8 Å². The van der Waals surface area contributed by atoms with Crippen LogP contribution in [0.15, 0.2) is 61.2 Å². The maximum atomic E-state index is 12.7. The third-order valence-electron chi connectivity index (χ3n) is 5.51. The second-order valence-corrected chi connectivity index (χ2v) is 7.59. The van der Waals surface area contributed by atoms with Crippen LogP contribution in [-0.4, -0.2) is 38.4 Å². The Morgan fingerprint density at radius 1 is 1.07 bits per heavy atom. The second kappa shape index (κ2) is 8.38. The molecular formula is C23H26N4O. The second-order valence-electron chi connectivity index (χ2n) is 7.59. The molecule has 0 saturated carbocycles. The molecule has 5 heteroatoms. The van der Waals surface area contributed by atoms with E-state index in [1.807, 2.05) is 29.6 Å². The van der Waals surface area contributed by atoms with Crippen molar-refractivity contribution in [1.29, 1.82) is 0 Å². The van der Waals surface area contributed by atoms with Crippen LogP contribution < -0.4 is 0 Å². The van der Waals surface area contributed by atoms with Gasteiger partial charge >= 0.3 is 0 Å². The predicted molar refractivity (Wildman–Crippen MR) is 109 cm³/mol. The van der Waals surface area contributed by atoms with Gasteiger partial charge in [0.25, 0.3) is 0 Å². The third-order valence-corrected chi connectivity index (χ3v) is 5.51. The van der Waals surface area contributed by atoms with Crippen LogP contribution in [0.2, 0.25) is 0 Å². The van der Waals surface area contributed by atoms with Gasteiger partial charge in [-0.05, 0) is 37.0 Å². The highest BCUT2D eigenvalue weighted by Crippen LogP contribution is 2.27. The molecule has 3 heterocycles. The van der Waals surface area contributed by atoms with E-state index < -0.39 is 0 Å². The third kappa shape index (κ3) is 4.30. The van der Waals surface area contributed by atoms with E-state index in [2.05, 4.69) is 51.8 Å². The number of pyridine rings is 1. The first-order valence-electron chi connectivity index (χ1n) is 9.92. The zero-order valence-corrected chi connectivity index (χ0v) is 16.3. The molecule has 3 aromatic rings. The molecule has 2 aromatic heterocycles. The number of hydrogen-bond donors (Lipinski definition) is 0. The summed E-state index contributed by atoms with van der Waals surface area (Å²) in [7, 11) is 0. The van der Waals surface area contributed by atoms with Gasteiger partial charge in [-0.1, -0.05) is 35.9 Å². The SMILES string of the molecule is Cc1ccc(CC(=O)N2CCC(c3nccn3Cc3cccnc3)CC2)cc1. The molecule has 144 valence electrons. The molecule has 0 bridgehead atoms. The number of nitrogens with zero attached hydrogens (tertiary/aromatic N) is 4. The standard InChI is InChI=1S/C23H26N4O/c1-18-4-6-19(7-5-18)15-22(28)26-12-8-21(9-13-26)23-25-11-14-27(23)17-20-3-2-10-24-16-20/h2-7,10-11,14,16,21H,8-9,12-13,15,17H2,1H3. The van der Waals surface area contributed by atoms with Crippen LogP contribution in [0.3, 0.4) is 0 Å². The van der Waals surface area contributed by atoms with Crippen molar-refractivity contribution in [1.82, 2.24) is 19.4 Å². The number of aromatic nitrogens is 3. The number of imidazole rings is 1. The fourth-order valence-electron chi connectivity index (χ4n) is 3.88. The first kappa shape index (κ1) is 18.4. The largest absolute Gasteiger partial charge is 0.342 e. The first-order valence-corrected chi connectivity index (χ1v) is 9.92. The van der Waals surface area contributed by atoms with E-state index >= 15 is 0 Å². The van der Waals surface area contributed by atoms with Crippen molar-refractivity contribution in [2.24, 2.45) is 0 Å². The topological polar surface area (TPSA) is 51.0 Å². The molecule has 1 saturated heterocycles. The Morgan fingerprint density at radius 2 is 1.86 bits per heavy atom. The minimum atomic E-state index is 0.223. The maximum Gasteiger partial charge on any atom is 0.226 e. The zero-order chi connectivity index (χ0) is 19.3. The van der Waals surface area contributed by atoms with Crippen molar-refractivity contribution in [2.45, 2.75) is 38.6 Å². The Hall–Kier alpha value is -2.95. The molecule has 1 aliphatic rings. The highest BCUT2D eigenvalue weighted by molar-refractivity contribution is 5.78. The molecule has 1 aliphatic heterocycles. The summed E-state index contributed by atoms with van der Waals surface area (Å²) < 4.78 is 2.21. The molecule has 4 rings (SSSR count). The van der Waals surface area contributed by atoms with Gasteiger partial charge in [0.2, 0.25) is 5.91 Å². The van der Waals surface area contributed by atoms with Crippen LogP contribution in [0, 0.1) is 6.92 Å². The predicted octanol–water partition coefficient (Wildman–Crippen LogP) is 3.58. The monoisotopic (exact) mass is 374 g/mol. The maximum absolute atomic E-state index is 12.7. The Kier molecular flexibility index (Phi) is 5.51. The lowest BCUT2D eigenvalue weighted by Gasteiger charge is -2.32. The number of amides is 1. The van der Waals surface area contributed by atoms with Crippen LogP contribution in [0.25, 0.3) is 0 Å². The van der Waals surface area contributed by atoms with Gasteiger partial charge in [0.1, 0.15) is 5.82 Å². The molecule has 0 spiro atoms. The van der Waals surface area contributed by atoms with Gasteiger partial charge in [0.15, 0.2) is 0 Å². The summed E-state index contributed by atoms with van der Waals surface area (Å²) in [6.07, 6.45) is 10.0. The average Bonchev–Trinajstić information content (AvgIpc) is 3.18. The fourth-order valence-corrected chi connectivity index (χ4v) is 3.88. The minimum Gasteiger partial charge on any atom is -0.342 e. The van der Waals surface area contributed by atoms with Gasteiger partial charge in [0, 0.05) is 43.8 Å². The van der Waals surface area contributed by atoms with Crippen molar-refractivity contribution in [2.75, 3.05) is 13.1 Å². The smallest absolute Gasteiger partial charge is 0.226 e. The first-order chi connectivity index (χ1) is 13.7. The Bertz CT molecular complexity index is 909. The number of benzene rings is 1. The van der Waals surface area contributed by atoms with Crippen molar-refractivity contribution in [3.63, 3.8) is 0 Å². The molecule has 1 fully saturated rings. The summed E-state index contributed by atoms with van der Waals surface area (Å²) in [5.74, 6) is 1.74. The summed E-state index contributed by atoms with van der Waals surface area (Å²) >= 11 is 0. The highest BCUT2D eigenvalue weighted by Gasteiger charge is 2.26. The number of hydrogen-bond acceptors (Lipinski definition) is 3. The molecule has 28 heavy (non-hydrogen) atoms. The lowest BCUT2D eigenvalue weighted by Crippen LogP contribution is -2.39.